The number of aromatic hydroxyl groups is 1. The summed E-state index contributed by atoms with van der Waals surface area (Å²) in [5, 5.41) is 15.0. The molecule has 2 aromatic heterocycles. The van der Waals surface area contributed by atoms with Gasteiger partial charge < -0.3 is 5.11 Å². The molecule has 0 unspecified atom stereocenters. The average molecular weight is 278 g/mol. The molecule has 21 heavy (non-hydrogen) atoms. The highest BCUT2D eigenvalue weighted by molar-refractivity contribution is 5.97. The van der Waals surface area contributed by atoms with Crippen LogP contribution in [0.1, 0.15) is 12.6 Å². The zero-order valence-electron chi connectivity index (χ0n) is 11.5. The molecule has 0 saturated heterocycles. The van der Waals surface area contributed by atoms with Crippen molar-refractivity contribution >= 4 is 22.4 Å². The van der Waals surface area contributed by atoms with E-state index in [2.05, 4.69) is 20.5 Å². The largest absolute Gasteiger partial charge is 0.506 e. The number of hydrogen-bond acceptors (Lipinski definition) is 5. The molecule has 0 radical (unpaired) electrons. The molecule has 5 nitrogen and oxygen atoms in total. The maximum absolute atomic E-state index is 9.81. The fraction of sp³-hybridized carbons (Fsp3) is 0.0625. The highest BCUT2D eigenvalue weighted by Crippen LogP contribution is 2.23. The lowest BCUT2D eigenvalue weighted by molar-refractivity contribution is 0.480. The van der Waals surface area contributed by atoms with Gasteiger partial charge in [-0.2, -0.15) is 5.10 Å². The molecule has 0 aliphatic rings. The van der Waals surface area contributed by atoms with Crippen molar-refractivity contribution in [3.8, 4) is 5.75 Å². The molecule has 0 bridgehead atoms. The van der Waals surface area contributed by atoms with Crippen molar-refractivity contribution in [1.29, 1.82) is 0 Å². The summed E-state index contributed by atoms with van der Waals surface area (Å²) < 4.78 is 0. The lowest BCUT2D eigenvalue weighted by Gasteiger charge is -2.05. The second kappa shape index (κ2) is 5.58. The van der Waals surface area contributed by atoms with Crippen molar-refractivity contribution in [2.45, 2.75) is 6.92 Å². The van der Waals surface area contributed by atoms with Gasteiger partial charge in [-0.05, 0) is 37.3 Å². The normalized spacial score (nSPS) is 11.6. The number of pyridine rings is 2. The summed E-state index contributed by atoms with van der Waals surface area (Å²) in [7, 11) is 0. The molecule has 104 valence electrons. The molecule has 3 aromatic rings. The second-order valence-corrected chi connectivity index (χ2v) is 4.57. The maximum Gasteiger partial charge on any atom is 0.147 e. The van der Waals surface area contributed by atoms with Crippen LogP contribution in [0.15, 0.2) is 59.8 Å². The first-order chi connectivity index (χ1) is 10.2. The molecule has 0 fully saturated rings. The fourth-order valence-corrected chi connectivity index (χ4v) is 1.97. The molecule has 0 amide bonds. The number of para-hydroxylation sites is 1. The summed E-state index contributed by atoms with van der Waals surface area (Å²) in [5.74, 6) is 0.723. The zero-order chi connectivity index (χ0) is 14.7. The molecule has 3 rings (SSSR count). The van der Waals surface area contributed by atoms with E-state index in [9.17, 15) is 5.11 Å². The number of anilines is 1. The van der Waals surface area contributed by atoms with Gasteiger partial charge in [-0.1, -0.05) is 18.2 Å². The number of rotatable bonds is 3. The van der Waals surface area contributed by atoms with Gasteiger partial charge >= 0.3 is 0 Å². The van der Waals surface area contributed by atoms with Crippen LogP contribution < -0.4 is 5.43 Å². The van der Waals surface area contributed by atoms with Gasteiger partial charge in [0.2, 0.25) is 0 Å². The highest BCUT2D eigenvalue weighted by Gasteiger charge is 2.02. The van der Waals surface area contributed by atoms with E-state index in [0.29, 0.717) is 11.3 Å². The van der Waals surface area contributed by atoms with Crippen LogP contribution >= 0.6 is 0 Å². The topological polar surface area (TPSA) is 70.4 Å². The first-order valence-corrected chi connectivity index (χ1v) is 6.54. The Kier molecular flexibility index (Phi) is 3.47. The molecule has 1 aromatic carbocycles. The Labute approximate surface area is 122 Å². The first-order valence-electron chi connectivity index (χ1n) is 6.54. The van der Waals surface area contributed by atoms with Crippen molar-refractivity contribution < 1.29 is 5.11 Å². The average Bonchev–Trinajstić information content (AvgIpc) is 2.54. The Bertz CT molecular complexity index is 800. The molecule has 0 atom stereocenters. The Balaban J connectivity index is 1.87. The van der Waals surface area contributed by atoms with Crippen molar-refractivity contribution in [3.05, 3.63) is 60.4 Å². The van der Waals surface area contributed by atoms with Crippen LogP contribution in [0, 0.1) is 0 Å². The first kappa shape index (κ1) is 13.1. The van der Waals surface area contributed by atoms with Gasteiger partial charge in [-0.15, -0.1) is 0 Å². The van der Waals surface area contributed by atoms with Gasteiger partial charge in [0.1, 0.15) is 17.1 Å². The molecule has 0 aliphatic carbocycles. The van der Waals surface area contributed by atoms with E-state index in [1.54, 1.807) is 18.3 Å². The maximum atomic E-state index is 9.81. The number of phenols is 1. The lowest BCUT2D eigenvalue weighted by Crippen LogP contribution is -2.02. The number of nitrogens with one attached hydrogen (secondary N) is 1. The van der Waals surface area contributed by atoms with Crippen molar-refractivity contribution in [2.24, 2.45) is 5.10 Å². The van der Waals surface area contributed by atoms with E-state index >= 15 is 0 Å². The van der Waals surface area contributed by atoms with Gasteiger partial charge in [0.05, 0.1) is 11.4 Å². The summed E-state index contributed by atoms with van der Waals surface area (Å²) >= 11 is 0. The van der Waals surface area contributed by atoms with Gasteiger partial charge in [0, 0.05) is 11.6 Å². The van der Waals surface area contributed by atoms with E-state index in [0.717, 1.165) is 16.8 Å². The van der Waals surface area contributed by atoms with Crippen LogP contribution in [-0.2, 0) is 0 Å². The molecular weight excluding hydrogens is 264 g/mol. The summed E-state index contributed by atoms with van der Waals surface area (Å²) in [5.41, 5.74) is 5.00. The number of benzene rings is 1. The van der Waals surface area contributed by atoms with E-state index < -0.39 is 0 Å². The Morgan fingerprint density at radius 1 is 1.10 bits per heavy atom. The number of hydrazone groups is 1. The Morgan fingerprint density at radius 3 is 2.81 bits per heavy atom. The standard InChI is InChI=1S/C16H14N4O/c1-11(13-6-2-3-10-17-13)19-20-15-9-8-12-5-4-7-14(21)16(12)18-15/h2-10,21H,1H3,(H,18,20)/b19-11-. The highest BCUT2D eigenvalue weighted by atomic mass is 16.3. The van der Waals surface area contributed by atoms with Gasteiger partial charge in [0.25, 0.3) is 0 Å². The minimum atomic E-state index is 0.154. The zero-order valence-corrected chi connectivity index (χ0v) is 11.5. The van der Waals surface area contributed by atoms with Crippen LogP contribution in [0.5, 0.6) is 5.75 Å². The lowest BCUT2D eigenvalue weighted by atomic mass is 10.2. The van der Waals surface area contributed by atoms with Crippen molar-refractivity contribution in [1.82, 2.24) is 9.97 Å². The number of nitrogens with zero attached hydrogens (tertiary/aromatic N) is 3. The van der Waals surface area contributed by atoms with E-state index in [1.165, 1.54) is 0 Å². The van der Waals surface area contributed by atoms with Crippen LogP contribution in [0.3, 0.4) is 0 Å². The smallest absolute Gasteiger partial charge is 0.147 e. The number of hydrogen-bond donors (Lipinski definition) is 2. The fourth-order valence-electron chi connectivity index (χ4n) is 1.97. The number of phenolic OH excluding ortho intramolecular Hbond substituents is 1. The molecule has 0 spiro atoms. The molecule has 2 heterocycles. The summed E-state index contributed by atoms with van der Waals surface area (Å²) in [6, 6.07) is 14.7. The van der Waals surface area contributed by atoms with E-state index in [-0.39, 0.29) is 5.75 Å². The second-order valence-electron chi connectivity index (χ2n) is 4.57. The molecular formula is C16H14N4O. The van der Waals surface area contributed by atoms with Gasteiger partial charge in [-0.25, -0.2) is 4.98 Å². The third-order valence-corrected chi connectivity index (χ3v) is 3.07. The van der Waals surface area contributed by atoms with Crippen LogP contribution in [-0.4, -0.2) is 20.8 Å². The van der Waals surface area contributed by atoms with Crippen LogP contribution in [0.2, 0.25) is 0 Å². The van der Waals surface area contributed by atoms with E-state index in [4.69, 9.17) is 0 Å². The molecule has 2 N–H and O–H groups in total. The van der Waals surface area contributed by atoms with Crippen LogP contribution in [0.4, 0.5) is 5.82 Å². The Morgan fingerprint density at radius 2 is 2.00 bits per heavy atom. The monoisotopic (exact) mass is 278 g/mol. The summed E-state index contributed by atoms with van der Waals surface area (Å²) in [4.78, 5) is 8.58. The minimum Gasteiger partial charge on any atom is -0.506 e. The quantitative estimate of drug-likeness (QED) is 0.570. The van der Waals surface area contributed by atoms with Crippen molar-refractivity contribution in [3.63, 3.8) is 0 Å². The summed E-state index contributed by atoms with van der Waals surface area (Å²) in [6.45, 7) is 1.87. The third-order valence-electron chi connectivity index (χ3n) is 3.07. The summed E-state index contributed by atoms with van der Waals surface area (Å²) in [6.07, 6.45) is 1.72. The third kappa shape index (κ3) is 2.81. The number of fused-ring (bicyclic) bond motifs is 1. The Hall–Kier alpha value is -2.95. The van der Waals surface area contributed by atoms with E-state index in [1.807, 2.05) is 43.3 Å². The van der Waals surface area contributed by atoms with Gasteiger partial charge in [0.15, 0.2) is 0 Å². The van der Waals surface area contributed by atoms with Crippen molar-refractivity contribution in [2.75, 3.05) is 5.43 Å². The van der Waals surface area contributed by atoms with Gasteiger partial charge in [-0.3, -0.25) is 10.4 Å². The SMILES string of the molecule is C/C(=N/Nc1ccc2cccc(O)c2n1)c1ccccn1. The molecule has 0 saturated carbocycles. The predicted octanol–water partition coefficient (Wildman–Crippen LogP) is 3.17. The number of aromatic nitrogens is 2. The molecule has 0 aliphatic heterocycles. The predicted molar refractivity (Wildman–Crippen MR) is 83.5 cm³/mol. The minimum absolute atomic E-state index is 0.154. The molecule has 5 heteroatoms. The van der Waals surface area contributed by atoms with Crippen LogP contribution in [0.25, 0.3) is 10.9 Å².